The minimum atomic E-state index is -4.57. The molecule has 23 heavy (non-hydrogen) atoms. The Morgan fingerprint density at radius 1 is 0.957 bits per heavy atom. The molecule has 0 amide bonds. The van der Waals surface area contributed by atoms with Gasteiger partial charge in [0, 0.05) is 12.1 Å². The lowest BCUT2D eigenvalue weighted by atomic mass is 10.3. The number of H-pyrrole nitrogens is 1. The van der Waals surface area contributed by atoms with Gasteiger partial charge in [0.1, 0.15) is 11.5 Å². The SMILES string of the molecule is FC(F)(F)c1nc2cc(Oc3ccc(Cl)c(Cl)c3)c(Cl)cc2[nH]1. The standard InChI is InChI=1S/C14H6Cl3F3N2O/c15-7-2-1-6(3-8(7)16)23-12-5-11-10(4-9(12)17)21-13(22-11)14(18,19)20/h1-5H,(H,21,22). The van der Waals surface area contributed by atoms with E-state index in [1.54, 1.807) is 6.07 Å². The van der Waals surface area contributed by atoms with E-state index in [1.807, 2.05) is 0 Å². The fourth-order valence-corrected chi connectivity index (χ4v) is 2.38. The number of ether oxygens (including phenoxy) is 1. The monoisotopic (exact) mass is 380 g/mol. The van der Waals surface area contributed by atoms with Gasteiger partial charge < -0.3 is 9.72 Å². The first kappa shape index (κ1) is 16.2. The fraction of sp³-hybridized carbons (Fsp3) is 0.0714. The lowest BCUT2D eigenvalue weighted by Crippen LogP contribution is -2.06. The lowest BCUT2D eigenvalue weighted by molar-refractivity contribution is -0.144. The number of aromatic amines is 1. The van der Waals surface area contributed by atoms with E-state index in [4.69, 9.17) is 39.5 Å². The van der Waals surface area contributed by atoms with E-state index < -0.39 is 12.0 Å². The summed E-state index contributed by atoms with van der Waals surface area (Å²) in [6.07, 6.45) is -4.57. The van der Waals surface area contributed by atoms with Crippen LogP contribution in [0.15, 0.2) is 30.3 Å². The van der Waals surface area contributed by atoms with Crippen LogP contribution in [0.4, 0.5) is 13.2 Å². The van der Waals surface area contributed by atoms with Crippen LogP contribution in [0.3, 0.4) is 0 Å². The van der Waals surface area contributed by atoms with Crippen LogP contribution in [0.1, 0.15) is 5.82 Å². The molecule has 3 rings (SSSR count). The number of aromatic nitrogens is 2. The Hall–Kier alpha value is -1.63. The number of nitrogens with zero attached hydrogens (tertiary/aromatic N) is 1. The lowest BCUT2D eigenvalue weighted by Gasteiger charge is -2.08. The van der Waals surface area contributed by atoms with Crippen molar-refractivity contribution in [3.63, 3.8) is 0 Å². The van der Waals surface area contributed by atoms with E-state index in [2.05, 4.69) is 9.97 Å². The van der Waals surface area contributed by atoms with Crippen molar-refractivity contribution in [3.8, 4) is 11.5 Å². The van der Waals surface area contributed by atoms with Gasteiger partial charge >= 0.3 is 6.18 Å². The third-order valence-electron chi connectivity index (χ3n) is 2.92. The van der Waals surface area contributed by atoms with Gasteiger partial charge in [0.25, 0.3) is 0 Å². The van der Waals surface area contributed by atoms with E-state index in [-0.39, 0.29) is 26.8 Å². The van der Waals surface area contributed by atoms with Crippen molar-refractivity contribution >= 4 is 45.8 Å². The van der Waals surface area contributed by atoms with Crippen molar-refractivity contribution in [3.05, 3.63) is 51.2 Å². The number of hydrogen-bond acceptors (Lipinski definition) is 2. The zero-order valence-corrected chi connectivity index (χ0v) is 13.3. The van der Waals surface area contributed by atoms with Crippen LogP contribution in [0.25, 0.3) is 11.0 Å². The molecule has 9 heteroatoms. The van der Waals surface area contributed by atoms with Crippen LogP contribution < -0.4 is 4.74 Å². The Labute approximate surface area is 142 Å². The molecule has 120 valence electrons. The number of fused-ring (bicyclic) bond motifs is 1. The van der Waals surface area contributed by atoms with Crippen LogP contribution in [-0.2, 0) is 6.18 Å². The number of imidazole rings is 1. The van der Waals surface area contributed by atoms with Gasteiger partial charge in [-0.1, -0.05) is 34.8 Å². The number of alkyl halides is 3. The third-order valence-corrected chi connectivity index (χ3v) is 3.96. The van der Waals surface area contributed by atoms with E-state index in [0.29, 0.717) is 10.8 Å². The van der Waals surface area contributed by atoms with E-state index in [9.17, 15) is 13.2 Å². The molecule has 3 aromatic rings. The van der Waals surface area contributed by atoms with Crippen LogP contribution in [0.2, 0.25) is 15.1 Å². The van der Waals surface area contributed by atoms with Gasteiger partial charge in [-0.15, -0.1) is 0 Å². The molecule has 0 saturated carbocycles. The highest BCUT2D eigenvalue weighted by Gasteiger charge is 2.34. The highest BCUT2D eigenvalue weighted by atomic mass is 35.5. The molecule has 0 aliphatic carbocycles. The molecule has 1 heterocycles. The Morgan fingerprint density at radius 3 is 2.35 bits per heavy atom. The van der Waals surface area contributed by atoms with Crippen LogP contribution in [0.5, 0.6) is 11.5 Å². The van der Waals surface area contributed by atoms with Crippen molar-refractivity contribution in [1.82, 2.24) is 9.97 Å². The van der Waals surface area contributed by atoms with Gasteiger partial charge in [-0.2, -0.15) is 13.2 Å². The summed E-state index contributed by atoms with van der Waals surface area (Å²) in [4.78, 5) is 5.66. The van der Waals surface area contributed by atoms with Crippen molar-refractivity contribution < 1.29 is 17.9 Å². The number of rotatable bonds is 2. The summed E-state index contributed by atoms with van der Waals surface area (Å²) < 4.78 is 43.6. The molecule has 0 aliphatic heterocycles. The first-order chi connectivity index (χ1) is 10.7. The molecule has 0 atom stereocenters. The summed E-state index contributed by atoms with van der Waals surface area (Å²) in [5.74, 6) is -0.611. The molecular weight excluding hydrogens is 376 g/mol. The molecule has 0 spiro atoms. The topological polar surface area (TPSA) is 37.9 Å². The molecule has 3 nitrogen and oxygen atoms in total. The maximum atomic E-state index is 12.7. The Kier molecular flexibility index (Phi) is 4.08. The minimum Gasteiger partial charge on any atom is -0.456 e. The largest absolute Gasteiger partial charge is 0.456 e. The highest BCUT2D eigenvalue weighted by molar-refractivity contribution is 6.42. The molecule has 0 aliphatic rings. The molecule has 0 radical (unpaired) electrons. The number of benzene rings is 2. The average Bonchev–Trinajstić information content (AvgIpc) is 2.86. The number of halogens is 6. The van der Waals surface area contributed by atoms with Gasteiger partial charge in [0.15, 0.2) is 0 Å². The summed E-state index contributed by atoms with van der Waals surface area (Å²) in [6.45, 7) is 0. The van der Waals surface area contributed by atoms with Gasteiger partial charge in [0.05, 0.1) is 26.1 Å². The Morgan fingerprint density at radius 2 is 1.70 bits per heavy atom. The second-order valence-electron chi connectivity index (χ2n) is 4.56. The molecule has 1 N–H and O–H groups in total. The van der Waals surface area contributed by atoms with E-state index >= 15 is 0 Å². The second kappa shape index (κ2) is 5.78. The van der Waals surface area contributed by atoms with Crippen LogP contribution in [0, 0.1) is 0 Å². The molecule has 0 fully saturated rings. The number of hydrogen-bond donors (Lipinski definition) is 1. The van der Waals surface area contributed by atoms with Crippen LogP contribution in [-0.4, -0.2) is 9.97 Å². The molecular formula is C14H6Cl3F3N2O. The quantitative estimate of drug-likeness (QED) is 0.563. The van der Waals surface area contributed by atoms with E-state index in [0.717, 1.165) is 0 Å². The minimum absolute atomic E-state index is 0.0804. The summed E-state index contributed by atoms with van der Waals surface area (Å²) >= 11 is 17.7. The van der Waals surface area contributed by atoms with Gasteiger partial charge in [-0.3, -0.25) is 0 Å². The molecule has 0 saturated heterocycles. The van der Waals surface area contributed by atoms with Crippen molar-refractivity contribution in [2.75, 3.05) is 0 Å². The fourth-order valence-electron chi connectivity index (χ4n) is 1.89. The van der Waals surface area contributed by atoms with Crippen molar-refractivity contribution in [1.29, 1.82) is 0 Å². The average molecular weight is 382 g/mol. The zero-order chi connectivity index (χ0) is 16.8. The van der Waals surface area contributed by atoms with Crippen LogP contribution >= 0.6 is 34.8 Å². The second-order valence-corrected chi connectivity index (χ2v) is 5.78. The normalized spacial score (nSPS) is 11.9. The summed E-state index contributed by atoms with van der Waals surface area (Å²) in [5.41, 5.74) is 0.237. The van der Waals surface area contributed by atoms with E-state index in [1.165, 1.54) is 24.3 Å². The van der Waals surface area contributed by atoms with Gasteiger partial charge in [-0.25, -0.2) is 4.98 Å². The summed E-state index contributed by atoms with van der Waals surface area (Å²) in [6, 6.07) is 7.18. The summed E-state index contributed by atoms with van der Waals surface area (Å²) in [7, 11) is 0. The first-order valence-electron chi connectivity index (χ1n) is 6.13. The van der Waals surface area contributed by atoms with Crippen molar-refractivity contribution in [2.24, 2.45) is 0 Å². The smallest absolute Gasteiger partial charge is 0.449 e. The highest BCUT2D eigenvalue weighted by Crippen LogP contribution is 2.36. The number of nitrogens with one attached hydrogen (secondary N) is 1. The van der Waals surface area contributed by atoms with Gasteiger partial charge in [-0.05, 0) is 18.2 Å². The Balaban J connectivity index is 2.00. The Bertz CT molecular complexity index is 893. The molecule has 0 bridgehead atoms. The van der Waals surface area contributed by atoms with Gasteiger partial charge in [0.2, 0.25) is 5.82 Å². The van der Waals surface area contributed by atoms with Crippen molar-refractivity contribution in [2.45, 2.75) is 6.18 Å². The predicted molar refractivity (Wildman–Crippen MR) is 82.6 cm³/mol. The predicted octanol–water partition coefficient (Wildman–Crippen LogP) is 6.33. The maximum Gasteiger partial charge on any atom is 0.449 e. The molecule has 1 aromatic heterocycles. The molecule has 0 unspecified atom stereocenters. The molecule has 2 aromatic carbocycles. The summed E-state index contributed by atoms with van der Waals surface area (Å²) in [5, 5.41) is 0.754. The third kappa shape index (κ3) is 3.34. The maximum absolute atomic E-state index is 12.7. The zero-order valence-electron chi connectivity index (χ0n) is 11.0. The first-order valence-corrected chi connectivity index (χ1v) is 7.27.